The van der Waals surface area contributed by atoms with Gasteiger partial charge in [0.15, 0.2) is 0 Å². The first-order valence-corrected chi connectivity index (χ1v) is 6.41. The van der Waals surface area contributed by atoms with Gasteiger partial charge in [-0.1, -0.05) is 0 Å². The van der Waals surface area contributed by atoms with Crippen LogP contribution in [0.4, 0.5) is 0 Å². The second-order valence-corrected chi connectivity index (χ2v) is 4.66. The van der Waals surface area contributed by atoms with E-state index in [1.54, 1.807) is 0 Å². The third kappa shape index (κ3) is 6.19. The summed E-state index contributed by atoms with van der Waals surface area (Å²) in [6.45, 7) is 0.641. The summed E-state index contributed by atoms with van der Waals surface area (Å²) in [5, 5.41) is 11.3. The van der Waals surface area contributed by atoms with Crippen molar-refractivity contribution >= 4 is 17.8 Å². The molecule has 7 heteroatoms. The van der Waals surface area contributed by atoms with E-state index in [1.165, 1.54) is 0 Å². The first-order chi connectivity index (χ1) is 8.99. The largest absolute Gasteiger partial charge is 0.480 e. The minimum atomic E-state index is -1.17. The highest BCUT2D eigenvalue weighted by atomic mass is 16.5. The second kappa shape index (κ2) is 7.73. The summed E-state index contributed by atoms with van der Waals surface area (Å²) in [4.78, 5) is 33.3. The van der Waals surface area contributed by atoms with Gasteiger partial charge in [-0.15, -0.1) is 0 Å². The fourth-order valence-electron chi connectivity index (χ4n) is 1.97. The molecule has 1 aliphatic heterocycles. The number of primary amides is 1. The molecule has 0 bridgehead atoms. The van der Waals surface area contributed by atoms with Gasteiger partial charge in [0.1, 0.15) is 6.04 Å². The van der Waals surface area contributed by atoms with Gasteiger partial charge in [-0.25, -0.2) is 4.79 Å². The maximum absolute atomic E-state index is 11.7. The van der Waals surface area contributed by atoms with Gasteiger partial charge in [-0.05, 0) is 25.7 Å². The molecule has 0 spiro atoms. The van der Waals surface area contributed by atoms with E-state index >= 15 is 0 Å². The Kier molecular flexibility index (Phi) is 6.27. The fraction of sp³-hybridized carbons (Fsp3) is 0.750. The number of carbonyl (C=O) groups is 3. The Morgan fingerprint density at radius 1 is 1.37 bits per heavy atom. The van der Waals surface area contributed by atoms with Gasteiger partial charge in [0.2, 0.25) is 11.8 Å². The first-order valence-electron chi connectivity index (χ1n) is 6.41. The lowest BCUT2D eigenvalue weighted by Crippen LogP contribution is -2.42. The smallest absolute Gasteiger partial charge is 0.326 e. The highest BCUT2D eigenvalue weighted by Gasteiger charge is 2.23. The number of aliphatic carboxylic acids is 1. The molecule has 0 radical (unpaired) electrons. The molecule has 2 amide bonds. The summed E-state index contributed by atoms with van der Waals surface area (Å²) in [6.07, 6.45) is 2.77. The number of rotatable bonds is 7. The molecule has 1 heterocycles. The maximum Gasteiger partial charge on any atom is 0.326 e. The Morgan fingerprint density at radius 3 is 2.63 bits per heavy atom. The Morgan fingerprint density at radius 2 is 2.11 bits per heavy atom. The molecule has 4 N–H and O–H groups in total. The van der Waals surface area contributed by atoms with Crippen LogP contribution in [0.1, 0.15) is 38.5 Å². The molecule has 7 nitrogen and oxygen atoms in total. The summed E-state index contributed by atoms with van der Waals surface area (Å²) in [7, 11) is 0. The molecular weight excluding hydrogens is 252 g/mol. The van der Waals surface area contributed by atoms with Crippen molar-refractivity contribution in [2.45, 2.75) is 50.7 Å². The molecule has 1 saturated heterocycles. The average Bonchev–Trinajstić information content (AvgIpc) is 2.35. The highest BCUT2D eigenvalue weighted by Crippen LogP contribution is 2.15. The molecule has 2 atom stereocenters. The SMILES string of the molecule is NC(=O)CCC(NC(=O)CC1CCCCO1)C(=O)O. The summed E-state index contributed by atoms with van der Waals surface area (Å²) >= 11 is 0. The number of carboxylic acid groups (broad SMARTS) is 1. The van der Waals surface area contributed by atoms with E-state index in [-0.39, 0.29) is 31.3 Å². The maximum atomic E-state index is 11.7. The number of carboxylic acids is 1. The number of hydrogen-bond donors (Lipinski definition) is 3. The van der Waals surface area contributed by atoms with E-state index < -0.39 is 17.9 Å². The summed E-state index contributed by atoms with van der Waals surface area (Å²) < 4.78 is 5.41. The minimum Gasteiger partial charge on any atom is -0.480 e. The molecule has 0 aromatic carbocycles. The number of amides is 2. The number of nitrogens with two attached hydrogens (primary N) is 1. The molecular formula is C12H20N2O5. The third-order valence-corrected chi connectivity index (χ3v) is 3.00. The lowest BCUT2D eigenvalue weighted by Gasteiger charge is -2.23. The van der Waals surface area contributed by atoms with Crippen LogP contribution in [0.3, 0.4) is 0 Å². The van der Waals surface area contributed by atoms with Crippen LogP contribution in [0.15, 0.2) is 0 Å². The van der Waals surface area contributed by atoms with E-state index in [4.69, 9.17) is 15.6 Å². The van der Waals surface area contributed by atoms with Crippen LogP contribution in [0.5, 0.6) is 0 Å². The van der Waals surface area contributed by atoms with E-state index in [0.29, 0.717) is 6.61 Å². The number of nitrogens with one attached hydrogen (secondary N) is 1. The molecule has 1 fully saturated rings. The average molecular weight is 272 g/mol. The lowest BCUT2D eigenvalue weighted by atomic mass is 10.1. The Balaban J connectivity index is 2.37. The zero-order valence-electron chi connectivity index (χ0n) is 10.8. The molecule has 0 aliphatic carbocycles. The van der Waals surface area contributed by atoms with Crippen molar-refractivity contribution in [1.29, 1.82) is 0 Å². The normalized spacial score (nSPS) is 20.5. The van der Waals surface area contributed by atoms with Crippen molar-refractivity contribution in [3.05, 3.63) is 0 Å². The van der Waals surface area contributed by atoms with E-state index in [9.17, 15) is 14.4 Å². The zero-order chi connectivity index (χ0) is 14.3. The Labute approximate surface area is 111 Å². The summed E-state index contributed by atoms with van der Waals surface area (Å²) in [6, 6.07) is -1.08. The van der Waals surface area contributed by atoms with Crippen LogP contribution in [0.2, 0.25) is 0 Å². The van der Waals surface area contributed by atoms with E-state index in [1.807, 2.05) is 0 Å². The Hall–Kier alpha value is -1.63. The molecule has 108 valence electrons. The van der Waals surface area contributed by atoms with Crippen molar-refractivity contribution in [2.24, 2.45) is 5.73 Å². The van der Waals surface area contributed by atoms with Crippen molar-refractivity contribution in [3.63, 3.8) is 0 Å². The molecule has 1 aliphatic rings. The molecule has 19 heavy (non-hydrogen) atoms. The Bertz CT molecular complexity index is 339. The van der Waals surface area contributed by atoms with Crippen LogP contribution in [0, 0.1) is 0 Å². The topological polar surface area (TPSA) is 119 Å². The fourth-order valence-corrected chi connectivity index (χ4v) is 1.97. The summed E-state index contributed by atoms with van der Waals surface area (Å²) in [5.41, 5.74) is 4.96. The van der Waals surface area contributed by atoms with Crippen molar-refractivity contribution in [3.8, 4) is 0 Å². The van der Waals surface area contributed by atoms with Crippen LogP contribution in [0.25, 0.3) is 0 Å². The predicted molar refractivity (Wildman–Crippen MR) is 66.2 cm³/mol. The molecule has 2 unspecified atom stereocenters. The van der Waals surface area contributed by atoms with E-state index in [0.717, 1.165) is 19.3 Å². The van der Waals surface area contributed by atoms with Crippen LogP contribution >= 0.6 is 0 Å². The molecule has 0 saturated carbocycles. The second-order valence-electron chi connectivity index (χ2n) is 4.66. The van der Waals surface area contributed by atoms with Gasteiger partial charge in [0.05, 0.1) is 12.5 Å². The first kappa shape index (κ1) is 15.4. The van der Waals surface area contributed by atoms with Gasteiger partial charge in [-0.3, -0.25) is 9.59 Å². The van der Waals surface area contributed by atoms with Crippen molar-refractivity contribution in [2.75, 3.05) is 6.61 Å². The predicted octanol–water partition coefficient (Wildman–Crippen LogP) is -0.219. The van der Waals surface area contributed by atoms with Gasteiger partial charge < -0.3 is 20.9 Å². The number of carbonyl (C=O) groups excluding carboxylic acids is 2. The molecule has 0 aromatic heterocycles. The van der Waals surface area contributed by atoms with Crippen LogP contribution in [-0.2, 0) is 19.1 Å². The molecule has 1 rings (SSSR count). The minimum absolute atomic E-state index is 0.00192. The summed E-state index contributed by atoms with van der Waals surface area (Å²) in [5.74, 6) is -2.13. The zero-order valence-corrected chi connectivity index (χ0v) is 10.8. The van der Waals surface area contributed by atoms with Crippen LogP contribution in [-0.4, -0.2) is 41.6 Å². The molecule has 0 aromatic rings. The highest BCUT2D eigenvalue weighted by molar-refractivity contribution is 5.84. The monoisotopic (exact) mass is 272 g/mol. The van der Waals surface area contributed by atoms with Crippen LogP contribution < -0.4 is 11.1 Å². The van der Waals surface area contributed by atoms with Gasteiger partial charge >= 0.3 is 5.97 Å². The van der Waals surface area contributed by atoms with E-state index in [2.05, 4.69) is 5.32 Å². The number of ether oxygens (including phenoxy) is 1. The van der Waals surface area contributed by atoms with Gasteiger partial charge in [0, 0.05) is 13.0 Å². The lowest BCUT2D eigenvalue weighted by molar-refractivity contribution is -0.142. The van der Waals surface area contributed by atoms with Gasteiger partial charge in [-0.2, -0.15) is 0 Å². The number of hydrogen-bond acceptors (Lipinski definition) is 4. The standard InChI is InChI=1S/C12H20N2O5/c13-10(15)5-4-9(12(17)18)14-11(16)7-8-3-1-2-6-19-8/h8-9H,1-7H2,(H2,13,15)(H,14,16)(H,17,18). The van der Waals surface area contributed by atoms with Crippen molar-refractivity contribution < 1.29 is 24.2 Å². The van der Waals surface area contributed by atoms with Crippen molar-refractivity contribution in [1.82, 2.24) is 5.32 Å². The quantitative estimate of drug-likeness (QED) is 0.592. The van der Waals surface area contributed by atoms with Gasteiger partial charge in [0.25, 0.3) is 0 Å². The third-order valence-electron chi connectivity index (χ3n) is 3.00.